The van der Waals surface area contributed by atoms with Gasteiger partial charge in [-0.15, -0.1) is 0 Å². The SMILES string of the molecule is Cn1cnc2ccc(N3CC[N@@]4CCC3C4)cc2c1=O. The quantitative estimate of drug-likeness (QED) is 0.769. The Balaban J connectivity index is 1.80. The number of nitrogens with zero attached hydrogens (tertiary/aromatic N) is 4. The highest BCUT2D eigenvalue weighted by Crippen LogP contribution is 2.28. The number of hydrogen-bond acceptors (Lipinski definition) is 4. The van der Waals surface area contributed by atoms with Crippen molar-refractivity contribution in [3.8, 4) is 0 Å². The average molecular weight is 270 g/mol. The van der Waals surface area contributed by atoms with Gasteiger partial charge < -0.3 is 9.47 Å². The van der Waals surface area contributed by atoms with Crippen LogP contribution in [0, 0.1) is 0 Å². The molecule has 1 aromatic carbocycles. The van der Waals surface area contributed by atoms with Crippen LogP contribution in [0.2, 0.25) is 0 Å². The number of rotatable bonds is 1. The van der Waals surface area contributed by atoms with Gasteiger partial charge in [0, 0.05) is 45.0 Å². The van der Waals surface area contributed by atoms with E-state index in [0.29, 0.717) is 11.4 Å². The Bertz CT molecular complexity index is 723. The molecule has 2 atom stereocenters. The predicted octanol–water partition coefficient (Wildman–Crippen LogP) is 0.828. The zero-order valence-electron chi connectivity index (χ0n) is 11.6. The van der Waals surface area contributed by atoms with Crippen LogP contribution in [0.25, 0.3) is 10.9 Å². The van der Waals surface area contributed by atoms with Crippen molar-refractivity contribution in [2.24, 2.45) is 7.05 Å². The van der Waals surface area contributed by atoms with Crippen molar-refractivity contribution >= 4 is 16.6 Å². The molecule has 2 fully saturated rings. The Morgan fingerprint density at radius 1 is 1.25 bits per heavy atom. The van der Waals surface area contributed by atoms with Crippen molar-refractivity contribution in [1.29, 1.82) is 0 Å². The van der Waals surface area contributed by atoms with Crippen LogP contribution in [0.4, 0.5) is 5.69 Å². The van der Waals surface area contributed by atoms with Gasteiger partial charge in [0.1, 0.15) is 0 Å². The van der Waals surface area contributed by atoms with Gasteiger partial charge in [-0.25, -0.2) is 4.98 Å². The van der Waals surface area contributed by atoms with E-state index >= 15 is 0 Å². The van der Waals surface area contributed by atoms with Crippen molar-refractivity contribution in [3.05, 3.63) is 34.9 Å². The summed E-state index contributed by atoms with van der Waals surface area (Å²) in [6.07, 6.45) is 2.81. The Labute approximate surface area is 117 Å². The van der Waals surface area contributed by atoms with Gasteiger partial charge in [-0.05, 0) is 24.6 Å². The van der Waals surface area contributed by atoms with Crippen LogP contribution < -0.4 is 10.5 Å². The van der Waals surface area contributed by atoms with Crippen molar-refractivity contribution in [2.75, 3.05) is 31.1 Å². The van der Waals surface area contributed by atoms with E-state index in [-0.39, 0.29) is 5.56 Å². The molecule has 0 N–H and O–H groups in total. The molecule has 0 spiro atoms. The standard InChI is InChI=1S/C15H18N4O/c1-17-10-16-14-3-2-11(8-13(14)15(17)20)19-7-6-18-5-4-12(19)9-18/h2-3,8,10,12H,4-7,9H2,1H3. The minimum atomic E-state index is 0.0295. The number of hydrogen-bond donors (Lipinski definition) is 0. The van der Waals surface area contributed by atoms with Crippen LogP contribution in [0.1, 0.15) is 6.42 Å². The molecule has 2 saturated heterocycles. The molecule has 5 nitrogen and oxygen atoms in total. The fraction of sp³-hybridized carbons (Fsp3) is 0.467. The van der Waals surface area contributed by atoms with Crippen LogP contribution in [-0.2, 0) is 7.05 Å². The third kappa shape index (κ3) is 1.73. The van der Waals surface area contributed by atoms with Crippen LogP contribution in [0.3, 0.4) is 0 Å². The first-order valence-corrected chi connectivity index (χ1v) is 7.17. The van der Waals surface area contributed by atoms with E-state index < -0.39 is 0 Å². The third-order valence-corrected chi connectivity index (χ3v) is 4.58. The first kappa shape index (κ1) is 11.9. The second-order valence-electron chi connectivity index (χ2n) is 5.80. The molecule has 0 amide bonds. The third-order valence-electron chi connectivity index (χ3n) is 4.58. The second-order valence-corrected chi connectivity index (χ2v) is 5.80. The summed E-state index contributed by atoms with van der Waals surface area (Å²) in [6.45, 7) is 4.54. The number of aromatic nitrogens is 2. The monoisotopic (exact) mass is 270 g/mol. The maximum absolute atomic E-state index is 12.2. The van der Waals surface area contributed by atoms with Gasteiger partial charge in [0.15, 0.2) is 0 Å². The van der Waals surface area contributed by atoms with Gasteiger partial charge in [-0.2, -0.15) is 0 Å². The highest BCUT2D eigenvalue weighted by molar-refractivity contribution is 5.81. The number of fused-ring (bicyclic) bond motifs is 3. The molecule has 0 saturated carbocycles. The fourth-order valence-electron chi connectivity index (χ4n) is 3.42. The average Bonchev–Trinajstić information content (AvgIpc) is 2.85. The number of piperazine rings is 1. The zero-order chi connectivity index (χ0) is 13.7. The molecule has 1 unspecified atom stereocenters. The van der Waals surface area contributed by atoms with Crippen molar-refractivity contribution in [2.45, 2.75) is 12.5 Å². The molecule has 3 heterocycles. The fourth-order valence-corrected chi connectivity index (χ4v) is 3.42. The normalized spacial score (nSPS) is 25.4. The van der Waals surface area contributed by atoms with Gasteiger partial charge in [0.05, 0.1) is 17.2 Å². The number of anilines is 1. The van der Waals surface area contributed by atoms with E-state index in [2.05, 4.69) is 20.9 Å². The lowest BCUT2D eigenvalue weighted by molar-refractivity contribution is 0.311. The maximum Gasteiger partial charge on any atom is 0.260 e. The second kappa shape index (κ2) is 4.31. The molecular weight excluding hydrogens is 252 g/mol. The van der Waals surface area contributed by atoms with Gasteiger partial charge in [0.25, 0.3) is 5.56 Å². The first-order valence-electron chi connectivity index (χ1n) is 7.17. The molecule has 2 aliphatic rings. The molecule has 2 aromatic rings. The maximum atomic E-state index is 12.2. The van der Waals surface area contributed by atoms with Gasteiger partial charge in [0.2, 0.25) is 0 Å². The molecule has 104 valence electrons. The zero-order valence-corrected chi connectivity index (χ0v) is 11.6. The smallest absolute Gasteiger partial charge is 0.260 e. The Morgan fingerprint density at radius 2 is 2.15 bits per heavy atom. The van der Waals surface area contributed by atoms with Crippen LogP contribution in [0.15, 0.2) is 29.3 Å². The van der Waals surface area contributed by atoms with E-state index in [9.17, 15) is 4.79 Å². The summed E-state index contributed by atoms with van der Waals surface area (Å²) in [4.78, 5) is 21.5. The highest BCUT2D eigenvalue weighted by Gasteiger charge is 2.32. The minimum absolute atomic E-state index is 0.0295. The van der Waals surface area contributed by atoms with E-state index in [4.69, 9.17) is 0 Å². The summed E-state index contributed by atoms with van der Waals surface area (Å²) in [5.41, 5.74) is 1.97. The molecule has 4 rings (SSSR count). The number of aryl methyl sites for hydroxylation is 1. The summed E-state index contributed by atoms with van der Waals surface area (Å²) < 4.78 is 1.54. The summed E-state index contributed by atoms with van der Waals surface area (Å²) in [5, 5.41) is 0.716. The van der Waals surface area contributed by atoms with Gasteiger partial charge in [-0.1, -0.05) is 0 Å². The van der Waals surface area contributed by atoms with Gasteiger partial charge in [-0.3, -0.25) is 9.69 Å². The predicted molar refractivity (Wildman–Crippen MR) is 79.2 cm³/mol. The molecular formula is C15H18N4O. The summed E-state index contributed by atoms with van der Waals surface area (Å²) in [5.74, 6) is 0. The molecule has 2 aliphatic heterocycles. The van der Waals surface area contributed by atoms with Crippen molar-refractivity contribution < 1.29 is 0 Å². The molecule has 20 heavy (non-hydrogen) atoms. The summed E-state index contributed by atoms with van der Waals surface area (Å²) >= 11 is 0. The van der Waals surface area contributed by atoms with Crippen LogP contribution in [0.5, 0.6) is 0 Å². The van der Waals surface area contributed by atoms with E-state index in [0.717, 1.165) is 30.8 Å². The van der Waals surface area contributed by atoms with Crippen molar-refractivity contribution in [3.63, 3.8) is 0 Å². The van der Waals surface area contributed by atoms with Gasteiger partial charge >= 0.3 is 0 Å². The van der Waals surface area contributed by atoms with E-state index in [1.54, 1.807) is 17.9 Å². The lowest BCUT2D eigenvalue weighted by Gasteiger charge is -2.36. The Hall–Kier alpha value is -1.88. The summed E-state index contributed by atoms with van der Waals surface area (Å²) in [6, 6.07) is 6.68. The number of benzene rings is 1. The molecule has 1 aromatic heterocycles. The molecule has 0 radical (unpaired) electrons. The molecule has 2 bridgehead atoms. The van der Waals surface area contributed by atoms with E-state index in [1.807, 2.05) is 12.1 Å². The minimum Gasteiger partial charge on any atom is -0.366 e. The lowest BCUT2D eigenvalue weighted by Crippen LogP contribution is -2.46. The van der Waals surface area contributed by atoms with Crippen LogP contribution >= 0.6 is 0 Å². The molecule has 5 heteroatoms. The Morgan fingerprint density at radius 3 is 3.05 bits per heavy atom. The van der Waals surface area contributed by atoms with Crippen LogP contribution in [-0.4, -0.2) is 46.7 Å². The van der Waals surface area contributed by atoms with E-state index in [1.165, 1.54) is 13.0 Å². The topological polar surface area (TPSA) is 41.4 Å². The van der Waals surface area contributed by atoms with Crippen molar-refractivity contribution in [1.82, 2.24) is 14.5 Å². The summed E-state index contributed by atoms with van der Waals surface area (Å²) in [7, 11) is 1.75. The first-order chi connectivity index (χ1) is 9.72. The highest BCUT2D eigenvalue weighted by atomic mass is 16.1. The molecule has 0 aliphatic carbocycles. The largest absolute Gasteiger partial charge is 0.366 e. The lowest BCUT2D eigenvalue weighted by atomic mass is 10.1. The Kier molecular flexibility index (Phi) is 2.57.